The van der Waals surface area contributed by atoms with Crippen molar-refractivity contribution >= 4 is 23.3 Å². The van der Waals surface area contributed by atoms with Crippen molar-refractivity contribution in [3.63, 3.8) is 0 Å². The van der Waals surface area contributed by atoms with Gasteiger partial charge in [0, 0.05) is 44.1 Å². The van der Waals surface area contributed by atoms with E-state index in [0.717, 1.165) is 23.2 Å². The van der Waals surface area contributed by atoms with E-state index >= 15 is 0 Å². The summed E-state index contributed by atoms with van der Waals surface area (Å²) in [5, 5.41) is 5.55. The first-order valence-corrected chi connectivity index (χ1v) is 9.86. The van der Waals surface area contributed by atoms with Gasteiger partial charge in [0.2, 0.25) is 5.91 Å². The van der Waals surface area contributed by atoms with E-state index in [0.29, 0.717) is 44.8 Å². The van der Waals surface area contributed by atoms with E-state index in [9.17, 15) is 14.0 Å². The molecule has 2 aromatic rings. The standard InChI is InChI=1S/C22H26FN3O3/c1-2-29-14-4-7-21(27)26-13-12-19-16(15-26)5-3-6-20(19)25-22(28)24-18-10-8-17(23)9-11-18/h3,5-6,8-11H,2,4,7,12-15H2,1H3,(H2,24,25,28). The Morgan fingerprint density at radius 2 is 1.93 bits per heavy atom. The summed E-state index contributed by atoms with van der Waals surface area (Å²) >= 11 is 0. The Morgan fingerprint density at radius 3 is 2.69 bits per heavy atom. The van der Waals surface area contributed by atoms with Gasteiger partial charge in [-0.2, -0.15) is 0 Å². The molecule has 6 nitrogen and oxygen atoms in total. The van der Waals surface area contributed by atoms with E-state index in [4.69, 9.17) is 4.74 Å². The zero-order valence-corrected chi connectivity index (χ0v) is 16.5. The van der Waals surface area contributed by atoms with Crippen LogP contribution >= 0.6 is 0 Å². The van der Waals surface area contributed by atoms with Crippen LogP contribution in [0.25, 0.3) is 0 Å². The smallest absolute Gasteiger partial charge is 0.323 e. The Bertz CT molecular complexity index is 855. The largest absolute Gasteiger partial charge is 0.382 e. The Balaban J connectivity index is 1.59. The van der Waals surface area contributed by atoms with Crippen LogP contribution in [0.5, 0.6) is 0 Å². The number of urea groups is 1. The molecule has 3 amide bonds. The minimum absolute atomic E-state index is 0.128. The summed E-state index contributed by atoms with van der Waals surface area (Å²) in [7, 11) is 0. The maximum atomic E-state index is 13.0. The van der Waals surface area contributed by atoms with E-state index in [1.54, 1.807) is 0 Å². The number of benzene rings is 2. The first kappa shape index (κ1) is 20.8. The fourth-order valence-electron chi connectivity index (χ4n) is 3.39. The Hall–Kier alpha value is -2.93. The zero-order valence-electron chi connectivity index (χ0n) is 16.5. The maximum Gasteiger partial charge on any atom is 0.323 e. The first-order chi connectivity index (χ1) is 14.1. The molecule has 1 aliphatic heterocycles. The number of fused-ring (bicyclic) bond motifs is 1. The van der Waals surface area contributed by atoms with Gasteiger partial charge in [0.05, 0.1) is 0 Å². The van der Waals surface area contributed by atoms with E-state index < -0.39 is 0 Å². The number of rotatable bonds is 7. The lowest BCUT2D eigenvalue weighted by Gasteiger charge is -2.30. The van der Waals surface area contributed by atoms with Crippen LogP contribution in [0.1, 0.15) is 30.9 Å². The predicted molar refractivity (Wildman–Crippen MR) is 110 cm³/mol. The molecular weight excluding hydrogens is 373 g/mol. The highest BCUT2D eigenvalue weighted by molar-refractivity contribution is 6.00. The average Bonchev–Trinajstić information content (AvgIpc) is 2.72. The number of nitrogens with one attached hydrogen (secondary N) is 2. The maximum absolute atomic E-state index is 13.0. The van der Waals surface area contributed by atoms with Crippen molar-refractivity contribution in [2.45, 2.75) is 32.7 Å². The normalized spacial score (nSPS) is 13.0. The summed E-state index contributed by atoms with van der Waals surface area (Å²) in [6.45, 7) is 4.37. The van der Waals surface area contributed by atoms with Gasteiger partial charge < -0.3 is 20.3 Å². The second kappa shape index (κ2) is 10.0. The van der Waals surface area contributed by atoms with Gasteiger partial charge in [-0.15, -0.1) is 0 Å². The highest BCUT2D eigenvalue weighted by Gasteiger charge is 2.22. The molecule has 0 saturated heterocycles. The summed E-state index contributed by atoms with van der Waals surface area (Å²) < 4.78 is 18.3. The highest BCUT2D eigenvalue weighted by Crippen LogP contribution is 2.27. The lowest BCUT2D eigenvalue weighted by molar-refractivity contribution is -0.132. The molecule has 0 bridgehead atoms. The number of carbonyl (C=O) groups is 2. The lowest BCUT2D eigenvalue weighted by atomic mass is 9.97. The van der Waals surface area contributed by atoms with Crippen LogP contribution in [0.4, 0.5) is 20.6 Å². The summed E-state index contributed by atoms with van der Waals surface area (Å²) in [6, 6.07) is 10.9. The van der Waals surface area contributed by atoms with Crippen LogP contribution in [0.2, 0.25) is 0 Å². The number of ether oxygens (including phenoxy) is 1. The van der Waals surface area contributed by atoms with Gasteiger partial charge >= 0.3 is 6.03 Å². The number of amides is 3. The number of hydrogen-bond donors (Lipinski definition) is 2. The molecule has 3 rings (SSSR count). The number of hydrogen-bond acceptors (Lipinski definition) is 3. The van der Waals surface area contributed by atoms with Crippen LogP contribution in [0, 0.1) is 5.82 Å². The third kappa shape index (κ3) is 5.77. The molecule has 1 heterocycles. The fraction of sp³-hybridized carbons (Fsp3) is 0.364. The van der Waals surface area contributed by atoms with Gasteiger partial charge in [0.25, 0.3) is 0 Å². The molecule has 1 aliphatic rings. The van der Waals surface area contributed by atoms with Crippen molar-refractivity contribution in [1.82, 2.24) is 4.90 Å². The van der Waals surface area contributed by atoms with Gasteiger partial charge in [-0.1, -0.05) is 12.1 Å². The second-order valence-electron chi connectivity index (χ2n) is 6.90. The summed E-state index contributed by atoms with van der Waals surface area (Å²) in [6.07, 6.45) is 1.88. The van der Waals surface area contributed by atoms with Crippen molar-refractivity contribution in [2.75, 3.05) is 30.4 Å². The van der Waals surface area contributed by atoms with Crippen molar-refractivity contribution in [3.8, 4) is 0 Å². The number of carbonyl (C=O) groups excluding carboxylic acids is 2. The van der Waals surface area contributed by atoms with E-state index in [1.807, 2.05) is 30.0 Å². The Morgan fingerprint density at radius 1 is 1.14 bits per heavy atom. The van der Waals surface area contributed by atoms with E-state index in [-0.39, 0.29) is 17.8 Å². The van der Waals surface area contributed by atoms with Crippen molar-refractivity contribution in [2.24, 2.45) is 0 Å². The van der Waals surface area contributed by atoms with Crippen LogP contribution in [0.15, 0.2) is 42.5 Å². The summed E-state index contributed by atoms with van der Waals surface area (Å²) in [4.78, 5) is 26.6. The lowest BCUT2D eigenvalue weighted by Crippen LogP contribution is -2.36. The van der Waals surface area contributed by atoms with Gasteiger partial charge in [0.15, 0.2) is 0 Å². The van der Waals surface area contributed by atoms with Crippen molar-refractivity contribution in [1.29, 1.82) is 0 Å². The molecule has 2 N–H and O–H groups in total. The van der Waals surface area contributed by atoms with Crippen molar-refractivity contribution in [3.05, 3.63) is 59.4 Å². The summed E-state index contributed by atoms with van der Waals surface area (Å²) in [5.41, 5.74) is 3.32. The van der Waals surface area contributed by atoms with Gasteiger partial charge in [-0.25, -0.2) is 9.18 Å². The molecule has 2 aromatic carbocycles. The third-order valence-corrected chi connectivity index (χ3v) is 4.85. The van der Waals surface area contributed by atoms with E-state index in [1.165, 1.54) is 24.3 Å². The quantitative estimate of drug-likeness (QED) is 0.687. The third-order valence-electron chi connectivity index (χ3n) is 4.85. The molecule has 0 radical (unpaired) electrons. The van der Waals surface area contributed by atoms with Gasteiger partial charge in [0.1, 0.15) is 5.82 Å². The van der Waals surface area contributed by atoms with Gasteiger partial charge in [-0.3, -0.25) is 4.79 Å². The number of nitrogens with zero attached hydrogens (tertiary/aromatic N) is 1. The highest BCUT2D eigenvalue weighted by atomic mass is 19.1. The monoisotopic (exact) mass is 399 g/mol. The Kier molecular flexibility index (Phi) is 7.19. The molecule has 0 aliphatic carbocycles. The zero-order chi connectivity index (χ0) is 20.6. The molecule has 0 aromatic heterocycles. The molecule has 0 spiro atoms. The SMILES string of the molecule is CCOCCCC(=O)N1CCc2c(cccc2NC(=O)Nc2ccc(F)cc2)C1. The van der Waals surface area contributed by atoms with Crippen molar-refractivity contribution < 1.29 is 18.7 Å². The molecular formula is C22H26FN3O3. The molecule has 29 heavy (non-hydrogen) atoms. The summed E-state index contributed by atoms with van der Waals surface area (Å²) in [5.74, 6) is -0.229. The van der Waals surface area contributed by atoms with Crippen LogP contribution in [-0.4, -0.2) is 36.6 Å². The second-order valence-corrected chi connectivity index (χ2v) is 6.90. The van der Waals surface area contributed by atoms with Crippen LogP contribution in [-0.2, 0) is 22.5 Å². The minimum atomic E-state index is -0.389. The molecule has 0 atom stereocenters. The molecule has 0 saturated carbocycles. The minimum Gasteiger partial charge on any atom is -0.382 e. The van der Waals surface area contributed by atoms with E-state index in [2.05, 4.69) is 10.6 Å². The molecule has 7 heteroatoms. The van der Waals surface area contributed by atoms with Crippen LogP contribution in [0.3, 0.4) is 0 Å². The molecule has 154 valence electrons. The average molecular weight is 399 g/mol. The predicted octanol–water partition coefficient (Wildman–Crippen LogP) is 4.17. The molecule has 0 unspecified atom stereocenters. The number of halogens is 1. The van der Waals surface area contributed by atoms with Crippen LogP contribution < -0.4 is 10.6 Å². The fourth-order valence-corrected chi connectivity index (χ4v) is 3.39. The number of anilines is 2. The first-order valence-electron chi connectivity index (χ1n) is 9.86. The topological polar surface area (TPSA) is 70.7 Å². The molecule has 0 fully saturated rings. The Labute approximate surface area is 170 Å². The van der Waals surface area contributed by atoms with Gasteiger partial charge in [-0.05, 0) is 61.2 Å².